The second-order valence-corrected chi connectivity index (χ2v) is 9.87. The van der Waals surface area contributed by atoms with Crippen LogP contribution in [0.3, 0.4) is 0 Å². The molecule has 0 aliphatic carbocycles. The molecule has 11 heteroatoms. The van der Waals surface area contributed by atoms with Gasteiger partial charge in [-0.1, -0.05) is 11.3 Å². The molecule has 4 rings (SSSR count). The lowest BCUT2D eigenvalue weighted by molar-refractivity contribution is -0.123. The molecule has 10 nitrogen and oxygen atoms in total. The van der Waals surface area contributed by atoms with Crippen LogP contribution in [0.15, 0.2) is 18.2 Å². The third-order valence-electron chi connectivity index (χ3n) is 5.72. The molecule has 0 saturated heterocycles. The number of aliphatic hydroxyl groups is 1. The molecule has 1 aliphatic heterocycles. The van der Waals surface area contributed by atoms with Crippen LogP contribution in [0.2, 0.25) is 0 Å². The Hall–Kier alpha value is -3.33. The maximum atomic E-state index is 12.2. The minimum atomic E-state index is -0.262. The molecule has 184 valence electrons. The summed E-state index contributed by atoms with van der Waals surface area (Å²) in [5.41, 5.74) is 4.32. The first-order valence-corrected chi connectivity index (χ1v) is 12.4. The average Bonchev–Trinajstić information content (AvgIpc) is 3.44. The van der Waals surface area contributed by atoms with Crippen LogP contribution >= 0.6 is 11.3 Å². The van der Waals surface area contributed by atoms with Crippen LogP contribution in [0.5, 0.6) is 5.75 Å². The Morgan fingerprint density at radius 3 is 2.86 bits per heavy atom. The van der Waals surface area contributed by atoms with E-state index in [4.69, 9.17) is 14.9 Å². The maximum Gasteiger partial charge on any atom is 0.234 e. The Morgan fingerprint density at radius 1 is 1.34 bits per heavy atom. The second kappa shape index (κ2) is 10.5. The smallest absolute Gasteiger partial charge is 0.234 e. The molecule has 2 N–H and O–H groups in total. The van der Waals surface area contributed by atoms with Crippen molar-refractivity contribution in [3.63, 3.8) is 0 Å². The van der Waals surface area contributed by atoms with Gasteiger partial charge in [-0.15, -0.1) is 10.2 Å². The number of nitriles is 1. The Bertz CT molecular complexity index is 1260. The third kappa shape index (κ3) is 5.51. The van der Waals surface area contributed by atoms with Gasteiger partial charge in [0, 0.05) is 42.4 Å². The number of carbonyl (C=O) groups is 1. The average molecular weight is 496 g/mol. The zero-order chi connectivity index (χ0) is 25.1. The highest BCUT2D eigenvalue weighted by molar-refractivity contribution is 7.17. The van der Waals surface area contributed by atoms with Crippen LogP contribution in [0.25, 0.3) is 15.7 Å². The van der Waals surface area contributed by atoms with Crippen molar-refractivity contribution >= 4 is 17.2 Å². The first kappa shape index (κ1) is 24.8. The molecule has 35 heavy (non-hydrogen) atoms. The number of ether oxygens (including phenoxy) is 1. The highest BCUT2D eigenvalue weighted by Gasteiger charge is 2.26. The van der Waals surface area contributed by atoms with E-state index in [-0.39, 0.29) is 31.2 Å². The van der Waals surface area contributed by atoms with E-state index < -0.39 is 0 Å². The van der Waals surface area contributed by atoms with Crippen LogP contribution in [0.4, 0.5) is 0 Å². The van der Waals surface area contributed by atoms with Crippen LogP contribution in [-0.2, 0) is 17.8 Å². The van der Waals surface area contributed by atoms with Crippen molar-refractivity contribution in [2.45, 2.75) is 52.8 Å². The largest absolute Gasteiger partial charge is 0.490 e. The quantitative estimate of drug-likeness (QED) is 0.487. The molecule has 1 aromatic carbocycles. The van der Waals surface area contributed by atoms with Crippen molar-refractivity contribution in [3.8, 4) is 27.5 Å². The lowest BCUT2D eigenvalue weighted by Crippen LogP contribution is -2.43. The Labute approximate surface area is 208 Å². The summed E-state index contributed by atoms with van der Waals surface area (Å²) in [6.45, 7) is 9.15. The van der Waals surface area contributed by atoms with E-state index in [2.05, 4.69) is 26.5 Å². The number of nitrogens with one attached hydrogen (secondary N) is 1. The molecule has 1 atom stereocenters. The first-order chi connectivity index (χ1) is 16.8. The van der Waals surface area contributed by atoms with E-state index in [0.717, 1.165) is 35.5 Å². The number of amides is 1. The molecule has 1 aliphatic rings. The normalized spacial score (nSPS) is 14.4. The first-order valence-electron chi connectivity index (χ1n) is 11.5. The van der Waals surface area contributed by atoms with E-state index in [1.54, 1.807) is 19.1 Å². The molecular formula is C24H29N7O3S. The van der Waals surface area contributed by atoms with E-state index in [0.29, 0.717) is 28.0 Å². The number of carbonyl (C=O) groups excluding carboxylic acids is 1. The summed E-state index contributed by atoms with van der Waals surface area (Å²) in [5.74, 6) is 0.450. The van der Waals surface area contributed by atoms with Gasteiger partial charge in [0.05, 0.1) is 30.5 Å². The molecular weight excluding hydrogens is 466 g/mol. The molecule has 3 heterocycles. The topological polar surface area (TPSA) is 129 Å². The van der Waals surface area contributed by atoms with Crippen LogP contribution in [-0.4, -0.2) is 67.7 Å². The standard InChI is InChI=1S/C24H29N7O3S/c1-14(2)34-21-6-5-17(9-18(21)10-25)23-27-28-24(35-23)31-16(4)19-11-30(8-7-20(19)29-31)12-22(33)26-15(3)13-32/h5-6,9,14-15,32H,7-8,11-13H2,1-4H3,(H,26,33)/t15-/m1/s1. The van der Waals surface area contributed by atoms with Crippen molar-refractivity contribution in [2.24, 2.45) is 0 Å². The van der Waals surface area contributed by atoms with Gasteiger partial charge in [0.2, 0.25) is 11.0 Å². The van der Waals surface area contributed by atoms with Gasteiger partial charge >= 0.3 is 0 Å². The summed E-state index contributed by atoms with van der Waals surface area (Å²) in [6.07, 6.45) is 0.713. The lowest BCUT2D eigenvalue weighted by Gasteiger charge is -2.26. The van der Waals surface area contributed by atoms with E-state index in [1.165, 1.54) is 11.3 Å². The van der Waals surface area contributed by atoms with Gasteiger partial charge in [0.1, 0.15) is 16.8 Å². The highest BCUT2D eigenvalue weighted by Crippen LogP contribution is 2.31. The lowest BCUT2D eigenvalue weighted by atomic mass is 10.1. The number of hydrogen-bond acceptors (Lipinski definition) is 9. The van der Waals surface area contributed by atoms with Crippen molar-refractivity contribution in [1.82, 2.24) is 30.2 Å². The molecule has 0 bridgehead atoms. The zero-order valence-corrected chi connectivity index (χ0v) is 21.1. The number of aliphatic hydroxyl groups excluding tert-OH is 1. The molecule has 0 spiro atoms. The molecule has 0 fully saturated rings. The summed E-state index contributed by atoms with van der Waals surface area (Å²) in [6, 6.07) is 7.37. The number of rotatable bonds is 8. The fraction of sp³-hybridized carbons (Fsp3) is 0.458. The Morgan fingerprint density at radius 2 is 2.14 bits per heavy atom. The number of nitrogens with zero attached hydrogens (tertiary/aromatic N) is 6. The number of hydrogen-bond donors (Lipinski definition) is 2. The molecule has 3 aromatic rings. The van der Waals surface area contributed by atoms with Crippen molar-refractivity contribution in [1.29, 1.82) is 5.26 Å². The fourth-order valence-corrected chi connectivity index (χ4v) is 4.83. The number of aromatic nitrogens is 4. The molecule has 0 unspecified atom stereocenters. The van der Waals surface area contributed by atoms with Gasteiger partial charge in [0.15, 0.2) is 0 Å². The predicted molar refractivity (Wildman–Crippen MR) is 131 cm³/mol. The monoisotopic (exact) mass is 495 g/mol. The van der Waals surface area contributed by atoms with Gasteiger partial charge in [-0.3, -0.25) is 9.69 Å². The van der Waals surface area contributed by atoms with E-state index in [9.17, 15) is 10.1 Å². The summed E-state index contributed by atoms with van der Waals surface area (Å²) in [5, 5.41) is 36.3. The number of benzene rings is 1. The third-order valence-corrected chi connectivity index (χ3v) is 6.67. The van der Waals surface area contributed by atoms with Crippen LogP contribution in [0.1, 0.15) is 43.3 Å². The van der Waals surface area contributed by atoms with Gasteiger partial charge < -0.3 is 15.2 Å². The zero-order valence-electron chi connectivity index (χ0n) is 20.3. The second-order valence-electron chi connectivity index (χ2n) is 8.91. The summed E-state index contributed by atoms with van der Waals surface area (Å²) in [4.78, 5) is 14.3. The predicted octanol–water partition coefficient (Wildman–Crippen LogP) is 2.21. The SMILES string of the molecule is Cc1c2c(nn1-c1nnc(-c3ccc(OC(C)C)c(C#N)c3)s1)CCN(CC(=O)N[C@H](C)CO)C2. The van der Waals surface area contributed by atoms with Gasteiger partial charge in [-0.05, 0) is 45.9 Å². The van der Waals surface area contributed by atoms with E-state index >= 15 is 0 Å². The Kier molecular flexibility index (Phi) is 7.45. The Balaban J connectivity index is 1.52. The minimum absolute atomic E-state index is 0.0238. The molecule has 2 aromatic heterocycles. The minimum Gasteiger partial charge on any atom is -0.490 e. The fourth-order valence-electron chi connectivity index (χ4n) is 3.98. The van der Waals surface area contributed by atoms with E-state index in [1.807, 2.05) is 31.5 Å². The van der Waals surface area contributed by atoms with Crippen LogP contribution < -0.4 is 10.1 Å². The van der Waals surface area contributed by atoms with Gasteiger partial charge in [-0.25, -0.2) is 4.68 Å². The van der Waals surface area contributed by atoms with Crippen LogP contribution in [0, 0.1) is 18.3 Å². The number of fused-ring (bicyclic) bond motifs is 1. The maximum absolute atomic E-state index is 12.2. The summed E-state index contributed by atoms with van der Waals surface area (Å²) in [7, 11) is 0. The van der Waals surface area contributed by atoms with Crippen molar-refractivity contribution < 1.29 is 14.6 Å². The summed E-state index contributed by atoms with van der Waals surface area (Å²) < 4.78 is 7.52. The summed E-state index contributed by atoms with van der Waals surface area (Å²) >= 11 is 1.40. The van der Waals surface area contributed by atoms with Crippen molar-refractivity contribution in [2.75, 3.05) is 19.7 Å². The van der Waals surface area contributed by atoms with Crippen molar-refractivity contribution in [3.05, 3.63) is 40.7 Å². The molecule has 0 radical (unpaired) electrons. The highest BCUT2D eigenvalue weighted by atomic mass is 32.1. The molecule has 0 saturated carbocycles. The molecule has 1 amide bonds. The van der Waals surface area contributed by atoms with Gasteiger partial charge in [-0.2, -0.15) is 10.4 Å². The van der Waals surface area contributed by atoms with Gasteiger partial charge in [0.25, 0.3) is 0 Å².